The first-order valence-electron chi connectivity index (χ1n) is 6.52. The van der Waals surface area contributed by atoms with Crippen LogP contribution in [0.25, 0.3) is 0 Å². The van der Waals surface area contributed by atoms with Crippen molar-refractivity contribution in [3.63, 3.8) is 0 Å². The number of carbonyl (C=O) groups excluding carboxylic acids is 2. The van der Waals surface area contributed by atoms with E-state index in [1.54, 1.807) is 6.20 Å². The molecule has 0 saturated carbocycles. The van der Waals surface area contributed by atoms with Crippen LogP contribution in [0.2, 0.25) is 0 Å². The zero-order valence-corrected chi connectivity index (χ0v) is 11.6. The van der Waals surface area contributed by atoms with Gasteiger partial charge < -0.3 is 21.7 Å². The van der Waals surface area contributed by atoms with Gasteiger partial charge in [-0.3, -0.25) is 9.59 Å². The minimum Gasteiger partial charge on any atom is -0.370 e. The average Bonchev–Trinajstić information content (AvgIpc) is 2.46. The van der Waals surface area contributed by atoms with Crippen LogP contribution in [0, 0.1) is 6.92 Å². The first-order valence-corrected chi connectivity index (χ1v) is 6.52. The molecule has 0 saturated heterocycles. The molecule has 5 N–H and O–H groups in total. The Morgan fingerprint density at radius 1 is 1.20 bits per heavy atom. The molecule has 7 nitrogen and oxygen atoms in total. The maximum atomic E-state index is 11.3. The van der Waals surface area contributed by atoms with Crippen molar-refractivity contribution in [2.24, 2.45) is 5.73 Å². The third kappa shape index (κ3) is 6.69. The predicted octanol–water partition coefficient (Wildman–Crippen LogP) is -0.617. The van der Waals surface area contributed by atoms with Crippen molar-refractivity contribution in [3.05, 3.63) is 23.9 Å². The molecule has 0 aliphatic carbocycles. The quantitative estimate of drug-likeness (QED) is 0.474. The van der Waals surface area contributed by atoms with Crippen LogP contribution in [0.4, 0.5) is 5.82 Å². The summed E-state index contributed by atoms with van der Waals surface area (Å²) in [5, 5.41) is 8.26. The number of carbonyl (C=O) groups is 2. The summed E-state index contributed by atoms with van der Waals surface area (Å²) in [4.78, 5) is 26.4. The second-order valence-electron chi connectivity index (χ2n) is 4.33. The van der Waals surface area contributed by atoms with Gasteiger partial charge in [0.15, 0.2) is 0 Å². The Bertz CT molecular complexity index is 433. The number of hydrogen-bond acceptors (Lipinski definition) is 5. The molecule has 1 aromatic heterocycles. The summed E-state index contributed by atoms with van der Waals surface area (Å²) in [6, 6.07) is 3.90. The summed E-state index contributed by atoms with van der Waals surface area (Å²) in [6.07, 6.45) is 2.57. The number of hydrogen-bond donors (Lipinski definition) is 4. The van der Waals surface area contributed by atoms with Gasteiger partial charge in [0.05, 0.1) is 13.1 Å². The summed E-state index contributed by atoms with van der Waals surface area (Å²) in [5.41, 5.74) is 6.22. The molecule has 1 aromatic rings. The monoisotopic (exact) mass is 279 g/mol. The molecule has 20 heavy (non-hydrogen) atoms. The topological polar surface area (TPSA) is 109 Å². The standard InChI is InChI=1S/C13H21N5O2/c1-10-3-4-11(17-8-10)15-5-2-6-16-13(20)9-18-12(19)7-14/h3-4,8H,2,5-7,9,14H2,1H3,(H,15,17)(H,16,20)(H,18,19). The van der Waals surface area contributed by atoms with Gasteiger partial charge in [-0.15, -0.1) is 0 Å². The summed E-state index contributed by atoms with van der Waals surface area (Å²) in [6.45, 7) is 3.08. The third-order valence-electron chi connectivity index (χ3n) is 2.52. The molecular formula is C13H21N5O2. The van der Waals surface area contributed by atoms with E-state index in [4.69, 9.17) is 5.73 Å². The Morgan fingerprint density at radius 2 is 2.00 bits per heavy atom. The van der Waals surface area contributed by atoms with E-state index in [9.17, 15) is 9.59 Å². The lowest BCUT2D eigenvalue weighted by atomic mass is 10.3. The van der Waals surface area contributed by atoms with Gasteiger partial charge in [-0.1, -0.05) is 6.07 Å². The highest BCUT2D eigenvalue weighted by molar-refractivity contribution is 5.85. The molecule has 0 spiro atoms. The minimum atomic E-state index is -0.340. The van der Waals surface area contributed by atoms with Gasteiger partial charge in [0.1, 0.15) is 5.82 Å². The first-order chi connectivity index (χ1) is 9.61. The number of aromatic nitrogens is 1. The predicted molar refractivity (Wildman–Crippen MR) is 77.2 cm³/mol. The first kappa shape index (κ1) is 15.9. The highest BCUT2D eigenvalue weighted by Gasteiger charge is 2.02. The van der Waals surface area contributed by atoms with Crippen LogP contribution in [0.1, 0.15) is 12.0 Å². The lowest BCUT2D eigenvalue weighted by molar-refractivity contribution is -0.125. The van der Waals surface area contributed by atoms with Gasteiger partial charge in [-0.2, -0.15) is 0 Å². The van der Waals surface area contributed by atoms with Crippen LogP contribution in [0.15, 0.2) is 18.3 Å². The van der Waals surface area contributed by atoms with Gasteiger partial charge in [0.25, 0.3) is 0 Å². The second-order valence-corrected chi connectivity index (χ2v) is 4.33. The zero-order valence-electron chi connectivity index (χ0n) is 11.6. The normalized spacial score (nSPS) is 9.90. The van der Waals surface area contributed by atoms with Crippen LogP contribution in [-0.4, -0.2) is 43.0 Å². The SMILES string of the molecule is Cc1ccc(NCCCNC(=O)CNC(=O)CN)nc1. The number of nitrogens with two attached hydrogens (primary N) is 1. The summed E-state index contributed by atoms with van der Waals surface area (Å²) in [5.74, 6) is 0.254. The summed E-state index contributed by atoms with van der Waals surface area (Å²) < 4.78 is 0. The van der Waals surface area contributed by atoms with Crippen molar-refractivity contribution in [2.45, 2.75) is 13.3 Å². The van der Waals surface area contributed by atoms with E-state index >= 15 is 0 Å². The number of nitrogens with zero attached hydrogens (tertiary/aromatic N) is 1. The van der Waals surface area contributed by atoms with E-state index in [2.05, 4.69) is 20.9 Å². The lowest BCUT2D eigenvalue weighted by Crippen LogP contribution is -2.39. The van der Waals surface area contributed by atoms with E-state index in [0.717, 1.165) is 17.8 Å². The van der Waals surface area contributed by atoms with E-state index in [1.165, 1.54) is 0 Å². The lowest BCUT2D eigenvalue weighted by Gasteiger charge is -2.07. The molecule has 0 radical (unpaired) electrons. The molecule has 1 rings (SSSR count). The van der Waals surface area contributed by atoms with Crippen molar-refractivity contribution in [2.75, 3.05) is 31.5 Å². The van der Waals surface area contributed by atoms with Crippen molar-refractivity contribution in [1.82, 2.24) is 15.6 Å². The number of pyridine rings is 1. The second kappa shape index (κ2) is 8.87. The number of anilines is 1. The molecule has 2 amide bonds. The number of nitrogens with one attached hydrogen (secondary N) is 3. The molecular weight excluding hydrogens is 258 g/mol. The van der Waals surface area contributed by atoms with Gasteiger partial charge in [-0.25, -0.2) is 4.98 Å². The molecule has 0 aliphatic heterocycles. The highest BCUT2D eigenvalue weighted by Crippen LogP contribution is 2.03. The Hall–Kier alpha value is -2.15. The van der Waals surface area contributed by atoms with Gasteiger partial charge in [-0.05, 0) is 25.0 Å². The van der Waals surface area contributed by atoms with Crippen molar-refractivity contribution >= 4 is 17.6 Å². The molecule has 0 aromatic carbocycles. The van der Waals surface area contributed by atoms with Gasteiger partial charge in [0, 0.05) is 19.3 Å². The smallest absolute Gasteiger partial charge is 0.239 e. The molecule has 1 heterocycles. The van der Waals surface area contributed by atoms with Crippen LogP contribution in [-0.2, 0) is 9.59 Å². The Morgan fingerprint density at radius 3 is 2.65 bits per heavy atom. The summed E-state index contributed by atoms with van der Waals surface area (Å²) >= 11 is 0. The van der Waals surface area contributed by atoms with Crippen molar-refractivity contribution in [1.29, 1.82) is 0 Å². The largest absolute Gasteiger partial charge is 0.370 e. The average molecular weight is 279 g/mol. The Labute approximate surface area is 118 Å². The van der Waals surface area contributed by atoms with E-state index in [-0.39, 0.29) is 24.9 Å². The summed E-state index contributed by atoms with van der Waals surface area (Å²) in [7, 11) is 0. The highest BCUT2D eigenvalue weighted by atomic mass is 16.2. The maximum Gasteiger partial charge on any atom is 0.239 e. The molecule has 0 unspecified atom stereocenters. The molecule has 110 valence electrons. The van der Waals surface area contributed by atoms with Crippen molar-refractivity contribution < 1.29 is 9.59 Å². The zero-order chi connectivity index (χ0) is 14.8. The fourth-order valence-corrected chi connectivity index (χ4v) is 1.42. The fourth-order valence-electron chi connectivity index (χ4n) is 1.42. The molecule has 7 heteroatoms. The number of rotatable bonds is 8. The van der Waals surface area contributed by atoms with E-state index in [1.807, 2.05) is 19.1 Å². The number of amides is 2. The van der Waals surface area contributed by atoms with Crippen LogP contribution < -0.4 is 21.7 Å². The fraction of sp³-hybridized carbons (Fsp3) is 0.462. The number of aryl methyl sites for hydroxylation is 1. The maximum absolute atomic E-state index is 11.3. The minimum absolute atomic E-state index is 0.0387. The van der Waals surface area contributed by atoms with Crippen LogP contribution in [0.5, 0.6) is 0 Å². The van der Waals surface area contributed by atoms with E-state index < -0.39 is 0 Å². The third-order valence-corrected chi connectivity index (χ3v) is 2.52. The molecule has 0 aliphatic rings. The molecule has 0 atom stereocenters. The van der Waals surface area contributed by atoms with Crippen LogP contribution in [0.3, 0.4) is 0 Å². The van der Waals surface area contributed by atoms with Crippen molar-refractivity contribution in [3.8, 4) is 0 Å². The molecule has 0 fully saturated rings. The Kier molecular flexibility index (Phi) is 7.05. The Balaban J connectivity index is 2.05. The van der Waals surface area contributed by atoms with Crippen LogP contribution >= 0.6 is 0 Å². The van der Waals surface area contributed by atoms with Gasteiger partial charge in [0.2, 0.25) is 11.8 Å². The van der Waals surface area contributed by atoms with Gasteiger partial charge >= 0.3 is 0 Å². The van der Waals surface area contributed by atoms with E-state index in [0.29, 0.717) is 13.1 Å². The molecule has 0 bridgehead atoms.